The van der Waals surface area contributed by atoms with Crippen LogP contribution in [0.1, 0.15) is 75.5 Å². The van der Waals surface area contributed by atoms with Crippen LogP contribution in [0, 0.1) is 5.41 Å². The van der Waals surface area contributed by atoms with Gasteiger partial charge in [0, 0.05) is 57.4 Å². The predicted molar refractivity (Wildman–Crippen MR) is 159 cm³/mol. The van der Waals surface area contributed by atoms with Crippen molar-refractivity contribution in [1.29, 1.82) is 5.41 Å². The lowest BCUT2D eigenvalue weighted by molar-refractivity contribution is -0.131. The average molecular weight is 563 g/mol. The highest BCUT2D eigenvalue weighted by Crippen LogP contribution is 2.30. The summed E-state index contributed by atoms with van der Waals surface area (Å²) in [7, 11) is 0. The molecule has 3 saturated heterocycles. The monoisotopic (exact) mass is 562 g/mol. The van der Waals surface area contributed by atoms with Crippen LogP contribution in [0.5, 0.6) is 0 Å². The number of nitrogen functional groups attached to an aromatic ring is 1. The van der Waals surface area contributed by atoms with Crippen LogP contribution in [0.15, 0.2) is 24.3 Å². The molecule has 41 heavy (non-hydrogen) atoms. The van der Waals surface area contributed by atoms with Gasteiger partial charge in [0.05, 0.1) is 0 Å². The summed E-state index contributed by atoms with van der Waals surface area (Å²) in [6, 6.07) is 8.22. The molecule has 0 radical (unpaired) electrons. The predicted octanol–water partition coefficient (Wildman–Crippen LogP) is 3.18. The lowest BCUT2D eigenvalue weighted by atomic mass is 9.89. The van der Waals surface area contributed by atoms with Crippen molar-refractivity contribution >= 4 is 35.2 Å². The number of likely N-dealkylation sites (tertiary alicyclic amines) is 2. The number of rotatable bonds is 7. The molecule has 5 rings (SSSR count). The number of nitrogens with two attached hydrogens (primary N) is 1. The first kappa shape index (κ1) is 28.6. The number of aromatic nitrogens is 3. The molecule has 3 fully saturated rings. The number of amides is 3. The lowest BCUT2D eigenvalue weighted by Gasteiger charge is -2.35. The molecule has 1 aromatic heterocycles. The van der Waals surface area contributed by atoms with Gasteiger partial charge in [0.25, 0.3) is 0 Å². The molecule has 1 aromatic carbocycles. The third kappa shape index (κ3) is 7.04. The number of amidine groups is 1. The Morgan fingerprint density at radius 3 is 2.37 bits per heavy atom. The maximum Gasteiger partial charge on any atom is 0.317 e. The van der Waals surface area contributed by atoms with E-state index in [1.807, 2.05) is 33.8 Å². The van der Waals surface area contributed by atoms with Crippen LogP contribution < -0.4 is 21.3 Å². The zero-order chi connectivity index (χ0) is 28.8. The smallest absolute Gasteiger partial charge is 0.317 e. The number of hydrogen-bond donors (Lipinski definition) is 4. The van der Waals surface area contributed by atoms with Crippen LogP contribution in [-0.4, -0.2) is 88.1 Å². The summed E-state index contributed by atoms with van der Waals surface area (Å²) in [6.07, 6.45) is 7.59. The second-order valence-corrected chi connectivity index (χ2v) is 11.3. The molecule has 12 heteroatoms. The molecule has 12 nitrogen and oxygen atoms in total. The van der Waals surface area contributed by atoms with Gasteiger partial charge in [0.2, 0.25) is 11.9 Å². The summed E-state index contributed by atoms with van der Waals surface area (Å²) < 4.78 is 0. The number of carbonyl (C=O) groups is 2. The van der Waals surface area contributed by atoms with E-state index in [4.69, 9.17) is 16.1 Å². The topological polar surface area (TPSA) is 156 Å². The van der Waals surface area contributed by atoms with Crippen LogP contribution in [0.4, 0.5) is 22.2 Å². The van der Waals surface area contributed by atoms with Crippen LogP contribution in [0.2, 0.25) is 0 Å². The fourth-order valence-electron chi connectivity index (χ4n) is 6.02. The minimum atomic E-state index is -0.214. The summed E-state index contributed by atoms with van der Waals surface area (Å²) in [5.74, 6) is 1.26. The van der Waals surface area contributed by atoms with Crippen LogP contribution in [-0.2, 0) is 4.79 Å². The molecule has 220 valence electrons. The van der Waals surface area contributed by atoms with Gasteiger partial charge in [-0.05, 0) is 68.6 Å². The number of hydrogen-bond acceptors (Lipinski definition) is 8. The van der Waals surface area contributed by atoms with Crippen molar-refractivity contribution in [2.24, 2.45) is 5.73 Å². The van der Waals surface area contributed by atoms with Crippen molar-refractivity contribution in [3.63, 3.8) is 0 Å². The molecule has 0 saturated carbocycles. The van der Waals surface area contributed by atoms with Gasteiger partial charge in [0.15, 0.2) is 11.5 Å². The molecule has 1 atom stereocenters. The third-order valence-corrected chi connectivity index (χ3v) is 8.40. The molecule has 0 aliphatic carbocycles. The quantitative estimate of drug-likeness (QED) is 0.296. The minimum absolute atomic E-state index is 0.00479. The molecule has 0 bridgehead atoms. The second kappa shape index (κ2) is 13.1. The average Bonchev–Trinajstić information content (AvgIpc) is 3.01. The van der Waals surface area contributed by atoms with Gasteiger partial charge in [-0.1, -0.05) is 19.1 Å². The Balaban J connectivity index is 1.23. The van der Waals surface area contributed by atoms with Gasteiger partial charge in [-0.25, -0.2) is 4.79 Å². The zero-order valence-corrected chi connectivity index (χ0v) is 23.9. The number of piperidine rings is 3. The van der Waals surface area contributed by atoms with Gasteiger partial charge in [-0.15, -0.1) is 10.2 Å². The number of benzene rings is 1. The Morgan fingerprint density at radius 2 is 1.68 bits per heavy atom. The molecular formula is C29H42N10O2. The summed E-state index contributed by atoms with van der Waals surface area (Å²) in [5, 5.41) is 23.0. The SMILES string of the molecule is CCC(=O)N1CCC(c2ccc(Nc3nc(N4CCC[C@@H](NC(=O)N5CCCCC5)C4)nnc3C(=N)N)cc2)CC1. The van der Waals surface area contributed by atoms with Gasteiger partial charge in [0.1, 0.15) is 5.84 Å². The van der Waals surface area contributed by atoms with Crippen LogP contribution in [0.3, 0.4) is 0 Å². The molecular weight excluding hydrogens is 520 g/mol. The first-order valence-corrected chi connectivity index (χ1v) is 15.0. The van der Waals surface area contributed by atoms with Crippen molar-refractivity contribution in [1.82, 2.24) is 30.3 Å². The molecule has 3 aliphatic heterocycles. The van der Waals surface area contributed by atoms with E-state index >= 15 is 0 Å². The van der Waals surface area contributed by atoms with Crippen molar-refractivity contribution in [2.75, 3.05) is 49.5 Å². The highest BCUT2D eigenvalue weighted by molar-refractivity contribution is 5.98. The Hall–Kier alpha value is -3.96. The highest BCUT2D eigenvalue weighted by Gasteiger charge is 2.27. The Labute approximate surface area is 241 Å². The van der Waals surface area contributed by atoms with Crippen LogP contribution >= 0.6 is 0 Å². The summed E-state index contributed by atoms with van der Waals surface area (Å²) in [5.41, 5.74) is 8.07. The number of carbonyl (C=O) groups excluding carboxylic acids is 2. The fourth-order valence-corrected chi connectivity index (χ4v) is 6.02. The van der Waals surface area contributed by atoms with E-state index in [1.54, 1.807) is 0 Å². The number of nitrogens with zero attached hydrogens (tertiary/aromatic N) is 6. The van der Waals surface area contributed by atoms with E-state index in [-0.39, 0.29) is 29.5 Å². The summed E-state index contributed by atoms with van der Waals surface area (Å²) >= 11 is 0. The Morgan fingerprint density at radius 1 is 0.951 bits per heavy atom. The summed E-state index contributed by atoms with van der Waals surface area (Å²) in [6.45, 7) is 6.50. The highest BCUT2D eigenvalue weighted by atomic mass is 16.2. The molecule has 4 heterocycles. The van der Waals surface area contributed by atoms with E-state index in [0.29, 0.717) is 30.6 Å². The van der Waals surface area contributed by atoms with E-state index in [9.17, 15) is 9.59 Å². The third-order valence-electron chi connectivity index (χ3n) is 8.40. The van der Waals surface area contributed by atoms with E-state index < -0.39 is 0 Å². The van der Waals surface area contributed by atoms with Gasteiger partial charge in [-0.2, -0.15) is 4.98 Å². The van der Waals surface area contributed by atoms with Crippen molar-refractivity contribution in [2.45, 2.75) is 70.3 Å². The van der Waals surface area contributed by atoms with E-state index in [1.165, 1.54) is 12.0 Å². The maximum atomic E-state index is 12.8. The standard InChI is InChI=1S/C29H42N10O2/c1-2-24(40)37-17-12-21(13-18-37)20-8-10-22(11-9-20)32-27-25(26(30)31)35-36-28(34-27)39-16-6-7-23(19-39)33-29(41)38-14-4-3-5-15-38/h8-11,21,23H,2-7,12-19H2,1H3,(H3,30,31)(H,33,41)(H,32,34,36)/t23-/m1/s1. The Bertz CT molecular complexity index is 1220. The van der Waals surface area contributed by atoms with Gasteiger partial charge < -0.3 is 31.1 Å². The van der Waals surface area contributed by atoms with Gasteiger partial charge >= 0.3 is 6.03 Å². The van der Waals surface area contributed by atoms with Crippen LogP contribution in [0.25, 0.3) is 0 Å². The lowest BCUT2D eigenvalue weighted by Crippen LogP contribution is -2.52. The number of urea groups is 1. The molecule has 0 unspecified atom stereocenters. The Kier molecular flexibility index (Phi) is 9.15. The molecule has 5 N–H and O–H groups in total. The molecule has 0 spiro atoms. The minimum Gasteiger partial charge on any atom is -0.382 e. The van der Waals surface area contributed by atoms with Gasteiger partial charge in [-0.3, -0.25) is 10.2 Å². The number of nitrogens with one attached hydrogen (secondary N) is 3. The second-order valence-electron chi connectivity index (χ2n) is 11.3. The first-order valence-electron chi connectivity index (χ1n) is 15.0. The first-order chi connectivity index (χ1) is 19.9. The summed E-state index contributed by atoms with van der Waals surface area (Å²) in [4.78, 5) is 35.4. The zero-order valence-electron chi connectivity index (χ0n) is 23.9. The fraction of sp³-hybridized carbons (Fsp3) is 0.586. The maximum absolute atomic E-state index is 12.8. The largest absolute Gasteiger partial charge is 0.382 e. The van der Waals surface area contributed by atoms with Crippen molar-refractivity contribution in [3.8, 4) is 0 Å². The van der Waals surface area contributed by atoms with Crippen molar-refractivity contribution in [3.05, 3.63) is 35.5 Å². The molecule has 2 aromatic rings. The number of anilines is 3. The van der Waals surface area contributed by atoms with E-state index in [0.717, 1.165) is 76.9 Å². The van der Waals surface area contributed by atoms with E-state index in [2.05, 4.69) is 33.0 Å². The normalized spacial score (nSPS) is 20.0. The van der Waals surface area contributed by atoms with Crippen molar-refractivity contribution < 1.29 is 9.59 Å². The molecule has 3 aliphatic rings. The molecule has 3 amide bonds.